The quantitative estimate of drug-likeness (QED) is 0.776. The van der Waals surface area contributed by atoms with Crippen molar-refractivity contribution in [1.82, 2.24) is 10.6 Å². The fraction of sp³-hybridized carbons (Fsp3) is 0.385. The van der Waals surface area contributed by atoms with E-state index in [9.17, 15) is 9.59 Å². The molecule has 2 amide bonds. The molecule has 1 aromatic rings. The number of carboxylic acid groups (broad SMARTS) is 1. The van der Waals surface area contributed by atoms with Crippen LogP contribution in [0.15, 0.2) is 16.6 Å². The molecule has 0 saturated heterocycles. The second-order valence-corrected chi connectivity index (χ2v) is 5.19. The lowest BCUT2D eigenvalue weighted by Gasteiger charge is -2.12. The van der Waals surface area contributed by atoms with Gasteiger partial charge in [0.2, 0.25) is 0 Å². The number of aryl methyl sites for hydroxylation is 2. The lowest BCUT2D eigenvalue weighted by atomic mass is 10.0. The van der Waals surface area contributed by atoms with Crippen molar-refractivity contribution >= 4 is 27.9 Å². The molecule has 19 heavy (non-hydrogen) atoms. The average molecular weight is 329 g/mol. The lowest BCUT2D eigenvalue weighted by Crippen LogP contribution is -2.36. The Balaban J connectivity index is 2.48. The summed E-state index contributed by atoms with van der Waals surface area (Å²) in [4.78, 5) is 21.8. The van der Waals surface area contributed by atoms with Crippen LogP contribution in [-0.2, 0) is 11.3 Å². The van der Waals surface area contributed by atoms with Gasteiger partial charge in [-0.25, -0.2) is 4.79 Å². The number of benzene rings is 1. The van der Waals surface area contributed by atoms with Crippen LogP contribution in [0.2, 0.25) is 0 Å². The van der Waals surface area contributed by atoms with Crippen LogP contribution in [0.3, 0.4) is 0 Å². The van der Waals surface area contributed by atoms with E-state index in [2.05, 4.69) is 26.6 Å². The highest BCUT2D eigenvalue weighted by Crippen LogP contribution is 2.20. The summed E-state index contributed by atoms with van der Waals surface area (Å²) in [7, 11) is 0. The molecule has 0 fully saturated rings. The molecule has 1 rings (SSSR count). The highest BCUT2D eigenvalue weighted by molar-refractivity contribution is 9.10. The minimum absolute atomic E-state index is 0.0796. The Labute approximate surface area is 120 Å². The second-order valence-electron chi connectivity index (χ2n) is 4.27. The molecule has 104 valence electrons. The summed E-state index contributed by atoms with van der Waals surface area (Å²) in [6.45, 7) is 4.51. The smallest absolute Gasteiger partial charge is 0.315 e. The molecule has 0 aliphatic carbocycles. The third kappa shape index (κ3) is 5.30. The fourth-order valence-electron chi connectivity index (χ4n) is 1.73. The van der Waals surface area contributed by atoms with E-state index in [0.717, 1.165) is 21.2 Å². The highest BCUT2D eigenvalue weighted by Gasteiger charge is 2.07. The van der Waals surface area contributed by atoms with Gasteiger partial charge in [0.25, 0.3) is 0 Å². The molecule has 0 aliphatic rings. The van der Waals surface area contributed by atoms with E-state index in [1.54, 1.807) is 0 Å². The molecule has 0 saturated carbocycles. The van der Waals surface area contributed by atoms with Crippen molar-refractivity contribution in [2.75, 3.05) is 6.54 Å². The standard InChI is InChI=1S/C13H17BrN2O3/c1-8-5-10(14)6-9(2)11(8)7-16-13(19)15-4-3-12(17)18/h5-6H,3-4,7H2,1-2H3,(H,17,18)(H2,15,16,19). The summed E-state index contributed by atoms with van der Waals surface area (Å²) in [6, 6.07) is 3.63. The minimum Gasteiger partial charge on any atom is -0.481 e. The first-order valence-electron chi connectivity index (χ1n) is 5.89. The van der Waals surface area contributed by atoms with Crippen molar-refractivity contribution in [2.45, 2.75) is 26.8 Å². The van der Waals surface area contributed by atoms with E-state index in [0.29, 0.717) is 6.54 Å². The maximum Gasteiger partial charge on any atom is 0.315 e. The molecule has 0 aromatic heterocycles. The van der Waals surface area contributed by atoms with Crippen LogP contribution in [0.25, 0.3) is 0 Å². The van der Waals surface area contributed by atoms with Crippen LogP contribution < -0.4 is 10.6 Å². The Morgan fingerprint density at radius 1 is 1.21 bits per heavy atom. The first-order valence-corrected chi connectivity index (χ1v) is 6.68. The average Bonchev–Trinajstić information content (AvgIpc) is 2.26. The number of carbonyl (C=O) groups is 2. The van der Waals surface area contributed by atoms with Gasteiger partial charge in [0.1, 0.15) is 0 Å². The summed E-state index contributed by atoms with van der Waals surface area (Å²) in [6.07, 6.45) is -0.0796. The molecule has 0 radical (unpaired) electrons. The highest BCUT2D eigenvalue weighted by atomic mass is 79.9. The number of aliphatic carboxylic acids is 1. The van der Waals surface area contributed by atoms with E-state index in [-0.39, 0.29) is 19.0 Å². The third-order valence-corrected chi connectivity index (χ3v) is 3.17. The number of carbonyl (C=O) groups excluding carboxylic acids is 1. The number of hydrogen-bond acceptors (Lipinski definition) is 2. The van der Waals surface area contributed by atoms with Crippen LogP contribution in [-0.4, -0.2) is 23.7 Å². The van der Waals surface area contributed by atoms with Gasteiger partial charge in [0, 0.05) is 17.6 Å². The zero-order valence-electron chi connectivity index (χ0n) is 10.9. The van der Waals surface area contributed by atoms with Gasteiger partial charge >= 0.3 is 12.0 Å². The predicted molar refractivity (Wildman–Crippen MR) is 76.1 cm³/mol. The molecule has 0 unspecified atom stereocenters. The number of urea groups is 1. The van der Waals surface area contributed by atoms with E-state index in [1.165, 1.54) is 0 Å². The molecule has 3 N–H and O–H groups in total. The van der Waals surface area contributed by atoms with Gasteiger partial charge in [-0.2, -0.15) is 0 Å². The van der Waals surface area contributed by atoms with Crippen molar-refractivity contribution < 1.29 is 14.7 Å². The number of amides is 2. The first kappa shape index (κ1) is 15.5. The van der Waals surface area contributed by atoms with Gasteiger partial charge in [0.05, 0.1) is 6.42 Å². The van der Waals surface area contributed by atoms with Crippen molar-refractivity contribution in [3.8, 4) is 0 Å². The SMILES string of the molecule is Cc1cc(Br)cc(C)c1CNC(=O)NCCC(=O)O. The van der Waals surface area contributed by atoms with Crippen molar-refractivity contribution in [1.29, 1.82) is 0 Å². The zero-order valence-corrected chi connectivity index (χ0v) is 12.5. The Morgan fingerprint density at radius 2 is 1.79 bits per heavy atom. The van der Waals surface area contributed by atoms with Gasteiger partial charge in [0.15, 0.2) is 0 Å². The van der Waals surface area contributed by atoms with Crippen LogP contribution in [0.4, 0.5) is 4.79 Å². The van der Waals surface area contributed by atoms with Crippen molar-refractivity contribution in [2.24, 2.45) is 0 Å². The van der Waals surface area contributed by atoms with Gasteiger partial charge in [-0.3, -0.25) is 4.79 Å². The third-order valence-electron chi connectivity index (χ3n) is 2.71. The van der Waals surface area contributed by atoms with Crippen molar-refractivity contribution in [3.05, 3.63) is 33.3 Å². The maximum absolute atomic E-state index is 11.5. The largest absolute Gasteiger partial charge is 0.481 e. The van der Waals surface area contributed by atoms with Crippen LogP contribution in [0.1, 0.15) is 23.1 Å². The molecule has 1 aromatic carbocycles. The molecule has 0 spiro atoms. The molecule has 0 heterocycles. The number of carboxylic acids is 1. The van der Waals surface area contributed by atoms with Gasteiger partial charge in [-0.1, -0.05) is 15.9 Å². The number of rotatable bonds is 5. The summed E-state index contributed by atoms with van der Waals surface area (Å²) in [5, 5.41) is 13.7. The van der Waals surface area contributed by atoms with Crippen LogP contribution in [0.5, 0.6) is 0 Å². The molecule has 0 atom stereocenters. The first-order chi connectivity index (χ1) is 8.90. The molecular formula is C13H17BrN2O3. The Morgan fingerprint density at radius 3 is 2.32 bits per heavy atom. The normalized spacial score (nSPS) is 10.1. The molecular weight excluding hydrogens is 312 g/mol. The molecule has 0 bridgehead atoms. The second kappa shape index (κ2) is 7.13. The maximum atomic E-state index is 11.5. The summed E-state index contributed by atoms with van der Waals surface area (Å²) in [5.41, 5.74) is 3.26. The van der Waals surface area contributed by atoms with Crippen LogP contribution in [0, 0.1) is 13.8 Å². The van der Waals surface area contributed by atoms with Crippen molar-refractivity contribution in [3.63, 3.8) is 0 Å². The number of halogens is 1. The van der Waals surface area contributed by atoms with Gasteiger partial charge in [-0.05, 0) is 42.7 Å². The topological polar surface area (TPSA) is 78.4 Å². The van der Waals surface area contributed by atoms with E-state index in [4.69, 9.17) is 5.11 Å². The Hall–Kier alpha value is -1.56. The predicted octanol–water partition coefficient (Wildman–Crippen LogP) is 2.34. The lowest BCUT2D eigenvalue weighted by molar-refractivity contribution is -0.136. The summed E-state index contributed by atoms with van der Waals surface area (Å²) in [5.74, 6) is -0.931. The monoisotopic (exact) mass is 328 g/mol. The van der Waals surface area contributed by atoms with Gasteiger partial charge < -0.3 is 15.7 Å². The zero-order chi connectivity index (χ0) is 14.4. The molecule has 6 heteroatoms. The van der Waals surface area contributed by atoms with E-state index >= 15 is 0 Å². The summed E-state index contributed by atoms with van der Waals surface area (Å²) < 4.78 is 1.01. The summed E-state index contributed by atoms with van der Waals surface area (Å²) >= 11 is 3.42. The Kier molecular flexibility index (Phi) is 5.82. The fourth-order valence-corrected chi connectivity index (χ4v) is 2.42. The van der Waals surface area contributed by atoms with Crippen LogP contribution >= 0.6 is 15.9 Å². The Bertz CT molecular complexity index is 466. The number of hydrogen-bond donors (Lipinski definition) is 3. The molecule has 5 nitrogen and oxygen atoms in total. The van der Waals surface area contributed by atoms with E-state index < -0.39 is 5.97 Å². The van der Waals surface area contributed by atoms with Gasteiger partial charge in [-0.15, -0.1) is 0 Å². The number of nitrogens with one attached hydrogen (secondary N) is 2. The molecule has 0 aliphatic heterocycles. The van der Waals surface area contributed by atoms with E-state index in [1.807, 2.05) is 26.0 Å². The minimum atomic E-state index is -0.931.